The van der Waals surface area contributed by atoms with Gasteiger partial charge in [0.1, 0.15) is 11.6 Å². The number of nitrogens with zero attached hydrogens (tertiary/aromatic N) is 3. The second-order valence-electron chi connectivity index (χ2n) is 7.65. The number of aliphatic hydroxyl groups is 1. The molecule has 1 atom stereocenters. The molecule has 2 amide bonds. The molecule has 2 aliphatic heterocycles. The first-order valence-electron chi connectivity index (χ1n) is 10.4. The predicted octanol–water partition coefficient (Wildman–Crippen LogP) is 2.06. The summed E-state index contributed by atoms with van der Waals surface area (Å²) in [5.74, 6) is -0.00640. The zero-order chi connectivity index (χ0) is 20.8. The lowest BCUT2D eigenvalue weighted by Gasteiger charge is -2.38. The Labute approximate surface area is 183 Å². The van der Waals surface area contributed by atoms with Gasteiger partial charge in [0, 0.05) is 51.6 Å². The summed E-state index contributed by atoms with van der Waals surface area (Å²) >= 11 is 0. The first kappa shape index (κ1) is 24.4. The molecule has 0 bridgehead atoms. The first-order chi connectivity index (χ1) is 14.0. The molecule has 0 spiro atoms. The fraction of sp³-hybridized carbons (Fsp3) is 0.619. The molecular formula is C21H31ClFN3O4. The molecule has 0 aliphatic carbocycles. The Bertz CT molecular complexity index is 712. The maximum Gasteiger partial charge on any atom is 0.229 e. The van der Waals surface area contributed by atoms with Gasteiger partial charge in [0.25, 0.3) is 0 Å². The van der Waals surface area contributed by atoms with Crippen LogP contribution in [0.3, 0.4) is 0 Å². The second kappa shape index (κ2) is 11.5. The fourth-order valence-corrected chi connectivity index (χ4v) is 3.81. The molecular weight excluding hydrogens is 413 g/mol. The molecule has 2 saturated heterocycles. The number of anilines is 1. The maximum absolute atomic E-state index is 13.8. The average Bonchev–Trinajstić information content (AvgIpc) is 2.70. The lowest BCUT2D eigenvalue weighted by molar-refractivity contribution is -0.149. The summed E-state index contributed by atoms with van der Waals surface area (Å²) in [4.78, 5) is 29.2. The maximum atomic E-state index is 13.8. The van der Waals surface area contributed by atoms with Gasteiger partial charge in [-0.1, -0.05) is 6.92 Å². The smallest absolute Gasteiger partial charge is 0.229 e. The van der Waals surface area contributed by atoms with Crippen molar-refractivity contribution in [1.82, 2.24) is 9.80 Å². The molecule has 2 heterocycles. The molecule has 0 saturated carbocycles. The molecule has 7 nitrogen and oxygen atoms in total. The molecule has 1 aromatic carbocycles. The monoisotopic (exact) mass is 443 g/mol. The Morgan fingerprint density at radius 3 is 2.40 bits per heavy atom. The lowest BCUT2D eigenvalue weighted by atomic mass is 10.1. The number of β-amino-alcohol motifs (C(OH)–C–C–N with tert-alkyl or cyclic N) is 1. The fourth-order valence-electron chi connectivity index (χ4n) is 3.81. The molecule has 0 aromatic heterocycles. The van der Waals surface area contributed by atoms with Crippen molar-refractivity contribution in [2.45, 2.75) is 38.7 Å². The number of piperazine rings is 1. The van der Waals surface area contributed by atoms with E-state index in [1.54, 1.807) is 6.07 Å². The van der Waals surface area contributed by atoms with Crippen LogP contribution in [0.4, 0.5) is 10.1 Å². The van der Waals surface area contributed by atoms with Crippen LogP contribution in [0.1, 0.15) is 32.6 Å². The summed E-state index contributed by atoms with van der Waals surface area (Å²) in [6.45, 7) is 5.81. The van der Waals surface area contributed by atoms with E-state index >= 15 is 0 Å². The van der Waals surface area contributed by atoms with Crippen molar-refractivity contribution in [3.05, 3.63) is 24.0 Å². The minimum absolute atomic E-state index is 0. The number of imide groups is 1. The zero-order valence-electron chi connectivity index (χ0n) is 17.4. The molecule has 168 valence electrons. The summed E-state index contributed by atoms with van der Waals surface area (Å²) in [5, 5.41) is 10.4. The van der Waals surface area contributed by atoms with E-state index in [9.17, 15) is 19.1 Å². The number of likely N-dealkylation sites (tertiary alicyclic amines) is 1. The number of aliphatic hydroxyl groups excluding tert-OH is 1. The van der Waals surface area contributed by atoms with Crippen LogP contribution in [0.2, 0.25) is 0 Å². The minimum Gasteiger partial charge on any atom is -0.491 e. The van der Waals surface area contributed by atoms with E-state index in [0.717, 1.165) is 12.1 Å². The summed E-state index contributed by atoms with van der Waals surface area (Å²) in [7, 11) is 0. The van der Waals surface area contributed by atoms with Crippen LogP contribution in [0, 0.1) is 5.82 Å². The molecule has 3 rings (SSSR count). The van der Waals surface area contributed by atoms with Crippen molar-refractivity contribution in [1.29, 1.82) is 0 Å². The van der Waals surface area contributed by atoms with E-state index in [1.807, 2.05) is 6.92 Å². The highest BCUT2D eigenvalue weighted by Crippen LogP contribution is 2.30. The van der Waals surface area contributed by atoms with Crippen LogP contribution in [0.5, 0.6) is 5.75 Å². The van der Waals surface area contributed by atoms with E-state index < -0.39 is 6.10 Å². The largest absolute Gasteiger partial charge is 0.491 e. The normalized spacial score (nSPS) is 18.9. The molecule has 2 fully saturated rings. The molecule has 1 unspecified atom stereocenters. The molecule has 30 heavy (non-hydrogen) atoms. The van der Waals surface area contributed by atoms with E-state index in [2.05, 4.69) is 9.80 Å². The van der Waals surface area contributed by atoms with Crippen LogP contribution < -0.4 is 9.64 Å². The van der Waals surface area contributed by atoms with Gasteiger partial charge >= 0.3 is 0 Å². The Morgan fingerprint density at radius 1 is 1.10 bits per heavy atom. The highest BCUT2D eigenvalue weighted by Gasteiger charge is 2.29. The topological polar surface area (TPSA) is 73.3 Å². The SMILES string of the molecule is CCCOc1ccc(F)cc1N1CCN(CC(O)CN2C(=O)CCCC2=O)CC1.Cl. The van der Waals surface area contributed by atoms with Crippen molar-refractivity contribution >= 4 is 29.9 Å². The van der Waals surface area contributed by atoms with Gasteiger partial charge in [-0.25, -0.2) is 4.39 Å². The molecule has 1 N–H and O–H groups in total. The van der Waals surface area contributed by atoms with Crippen molar-refractivity contribution in [2.24, 2.45) is 0 Å². The molecule has 0 radical (unpaired) electrons. The van der Waals surface area contributed by atoms with Crippen molar-refractivity contribution in [3.63, 3.8) is 0 Å². The molecule has 1 aromatic rings. The van der Waals surface area contributed by atoms with Crippen molar-refractivity contribution in [3.8, 4) is 5.75 Å². The summed E-state index contributed by atoms with van der Waals surface area (Å²) in [6.07, 6.45) is 1.44. The summed E-state index contributed by atoms with van der Waals surface area (Å²) < 4.78 is 19.5. The van der Waals surface area contributed by atoms with Gasteiger partial charge in [-0.2, -0.15) is 0 Å². The third kappa shape index (κ3) is 6.30. The quantitative estimate of drug-likeness (QED) is 0.620. The van der Waals surface area contributed by atoms with Crippen molar-refractivity contribution in [2.75, 3.05) is 50.8 Å². The van der Waals surface area contributed by atoms with E-state index in [-0.39, 0.29) is 36.6 Å². The standard InChI is InChI=1S/C21H30FN3O4.ClH/c1-2-12-29-19-7-6-16(22)13-18(19)24-10-8-23(9-11-24)14-17(26)15-25-20(27)4-3-5-21(25)28;/h6-7,13,17,26H,2-5,8-12,14-15H2,1H3;1H. The Balaban J connectivity index is 0.00000320. The van der Waals surface area contributed by atoms with Crippen LogP contribution in [0.25, 0.3) is 0 Å². The highest BCUT2D eigenvalue weighted by atomic mass is 35.5. The van der Waals surface area contributed by atoms with Gasteiger partial charge < -0.3 is 14.7 Å². The number of carbonyl (C=O) groups is 2. The number of amides is 2. The van der Waals surface area contributed by atoms with Crippen LogP contribution in [-0.2, 0) is 9.59 Å². The lowest BCUT2D eigenvalue weighted by Crippen LogP contribution is -2.51. The number of benzene rings is 1. The third-order valence-electron chi connectivity index (χ3n) is 5.34. The van der Waals surface area contributed by atoms with Gasteiger partial charge in [0.05, 0.1) is 24.9 Å². The number of hydrogen-bond donors (Lipinski definition) is 1. The highest BCUT2D eigenvalue weighted by molar-refractivity contribution is 5.97. The Hall–Kier alpha value is -1.90. The van der Waals surface area contributed by atoms with E-state index in [4.69, 9.17) is 4.74 Å². The molecule has 9 heteroatoms. The van der Waals surface area contributed by atoms with Gasteiger partial charge in [-0.3, -0.25) is 19.4 Å². The first-order valence-corrected chi connectivity index (χ1v) is 10.4. The van der Waals surface area contributed by atoms with E-state index in [0.29, 0.717) is 64.3 Å². The average molecular weight is 444 g/mol. The third-order valence-corrected chi connectivity index (χ3v) is 5.34. The number of halogens is 2. The van der Waals surface area contributed by atoms with Gasteiger partial charge in [0.2, 0.25) is 11.8 Å². The minimum atomic E-state index is -0.773. The number of piperidine rings is 1. The Morgan fingerprint density at radius 2 is 1.77 bits per heavy atom. The van der Waals surface area contributed by atoms with Gasteiger partial charge in [-0.05, 0) is 25.0 Å². The van der Waals surface area contributed by atoms with Crippen LogP contribution in [-0.4, -0.2) is 78.7 Å². The van der Waals surface area contributed by atoms with E-state index in [1.165, 1.54) is 17.0 Å². The number of hydrogen-bond acceptors (Lipinski definition) is 6. The van der Waals surface area contributed by atoms with Crippen molar-refractivity contribution < 1.29 is 23.8 Å². The van der Waals surface area contributed by atoms with Crippen LogP contribution in [0.15, 0.2) is 18.2 Å². The van der Waals surface area contributed by atoms with Gasteiger partial charge in [0.15, 0.2) is 0 Å². The molecule has 2 aliphatic rings. The summed E-state index contributed by atoms with van der Waals surface area (Å²) in [6, 6.07) is 4.58. The van der Waals surface area contributed by atoms with Gasteiger partial charge in [-0.15, -0.1) is 12.4 Å². The number of rotatable bonds is 8. The predicted molar refractivity (Wildman–Crippen MR) is 115 cm³/mol. The summed E-state index contributed by atoms with van der Waals surface area (Å²) in [5.41, 5.74) is 0.753. The zero-order valence-corrected chi connectivity index (χ0v) is 18.2. The second-order valence-corrected chi connectivity index (χ2v) is 7.65. The number of carbonyl (C=O) groups excluding carboxylic acids is 2. The Kier molecular flexibility index (Phi) is 9.33. The van der Waals surface area contributed by atoms with Crippen LogP contribution >= 0.6 is 12.4 Å². The number of ether oxygens (including phenoxy) is 1.